The number of carbonyl (C=O) groups excluding carboxylic acids is 1. The Labute approximate surface area is 217 Å². The van der Waals surface area contributed by atoms with Gasteiger partial charge in [-0.05, 0) is 68.2 Å². The maximum atomic E-state index is 13.7. The van der Waals surface area contributed by atoms with Crippen LogP contribution in [-0.2, 0) is 27.9 Å². The number of nitrogens with one attached hydrogen (secondary N) is 1. The quantitative estimate of drug-likeness (QED) is 0.633. The number of hydrogen-bond acceptors (Lipinski definition) is 6. The molecule has 9 rings (SSSR count). The molecule has 3 saturated heterocycles. The van der Waals surface area contributed by atoms with E-state index in [-0.39, 0.29) is 11.9 Å². The van der Waals surface area contributed by atoms with Gasteiger partial charge in [0.1, 0.15) is 11.7 Å². The first-order chi connectivity index (χ1) is 18.0. The monoisotopic (exact) mass is 502 g/mol. The van der Waals surface area contributed by atoms with E-state index in [1.165, 1.54) is 24.0 Å². The molecule has 37 heavy (non-hydrogen) atoms. The molecule has 2 N–H and O–H groups in total. The second-order valence-electron chi connectivity index (χ2n) is 12.1. The van der Waals surface area contributed by atoms with Crippen molar-refractivity contribution in [2.75, 3.05) is 20.2 Å². The molecule has 7 nitrogen and oxygen atoms in total. The minimum absolute atomic E-state index is 0.161. The topological polar surface area (TPSA) is 80.3 Å². The normalized spacial score (nSPS) is 38.6. The first-order valence-electron chi connectivity index (χ1n) is 13.8. The molecule has 7 heteroatoms. The summed E-state index contributed by atoms with van der Waals surface area (Å²) in [6.07, 6.45) is 4.03. The first kappa shape index (κ1) is 22.4. The summed E-state index contributed by atoms with van der Waals surface area (Å²) < 4.78 is 19.5. The molecule has 3 aliphatic carbocycles. The van der Waals surface area contributed by atoms with Crippen LogP contribution in [0.4, 0.5) is 0 Å². The highest BCUT2D eigenvalue weighted by molar-refractivity contribution is 5.83. The standard InChI is InChI=1S/C30H34N2O5/c1-35-21-10-9-20-15-22-30-12-11-29(34,25(37-30)26(33)31-16-18-5-3-2-4-6-18)27-28(30,23(20)24(21)36-27)13-14-32(22)17-19-7-8-19/h2-6,9-10,19,22,25,27,34H,7-8,11-17H2,1H3,(H,31,33)/t22?,25-,27-,28+,29-,30?/m1/s1. The van der Waals surface area contributed by atoms with Crippen LogP contribution in [0.25, 0.3) is 0 Å². The summed E-state index contributed by atoms with van der Waals surface area (Å²) in [5.74, 6) is 1.95. The lowest BCUT2D eigenvalue weighted by atomic mass is 9.44. The number of fused-ring (bicyclic) bond motifs is 2. The molecule has 194 valence electrons. The molecule has 2 unspecified atom stereocenters. The van der Waals surface area contributed by atoms with Crippen molar-refractivity contribution in [2.45, 2.75) is 79.9 Å². The Morgan fingerprint density at radius 3 is 2.78 bits per heavy atom. The first-order valence-corrected chi connectivity index (χ1v) is 13.8. The van der Waals surface area contributed by atoms with Gasteiger partial charge in [-0.3, -0.25) is 9.69 Å². The van der Waals surface area contributed by atoms with E-state index >= 15 is 0 Å². The number of methoxy groups -OCH3 is 1. The summed E-state index contributed by atoms with van der Waals surface area (Å²) in [5.41, 5.74) is 0.999. The van der Waals surface area contributed by atoms with Crippen LogP contribution in [0, 0.1) is 5.92 Å². The van der Waals surface area contributed by atoms with Crippen LogP contribution in [0.15, 0.2) is 42.5 Å². The fourth-order valence-electron chi connectivity index (χ4n) is 8.63. The molecule has 4 bridgehead atoms. The Kier molecular flexibility index (Phi) is 4.53. The molecule has 2 saturated carbocycles. The Morgan fingerprint density at radius 2 is 2.00 bits per heavy atom. The number of likely N-dealkylation sites (tertiary alicyclic amines) is 1. The van der Waals surface area contributed by atoms with E-state index in [1.807, 2.05) is 36.4 Å². The number of nitrogens with zero attached hydrogens (tertiary/aromatic N) is 1. The maximum absolute atomic E-state index is 13.7. The lowest BCUT2D eigenvalue weighted by Crippen LogP contribution is -2.87. The van der Waals surface area contributed by atoms with Gasteiger partial charge in [-0.25, -0.2) is 0 Å². The van der Waals surface area contributed by atoms with Gasteiger partial charge in [0.25, 0.3) is 5.91 Å². The predicted molar refractivity (Wildman–Crippen MR) is 136 cm³/mol. The molecule has 2 aromatic carbocycles. The van der Waals surface area contributed by atoms with Crippen molar-refractivity contribution in [3.8, 4) is 11.5 Å². The highest BCUT2D eigenvalue weighted by atomic mass is 16.6. The number of ether oxygens (including phenoxy) is 3. The lowest BCUT2D eigenvalue weighted by molar-refractivity contribution is -0.345. The summed E-state index contributed by atoms with van der Waals surface area (Å²) in [6.45, 7) is 2.45. The molecule has 7 aliphatic rings. The van der Waals surface area contributed by atoms with E-state index in [0.717, 1.165) is 49.6 Å². The van der Waals surface area contributed by atoms with Crippen LogP contribution < -0.4 is 14.8 Å². The number of hydrogen-bond donors (Lipinski definition) is 2. The van der Waals surface area contributed by atoms with Gasteiger partial charge in [0.05, 0.1) is 18.1 Å². The Morgan fingerprint density at radius 1 is 1.16 bits per heavy atom. The molecule has 1 amide bonds. The molecule has 0 aromatic heterocycles. The highest BCUT2D eigenvalue weighted by Crippen LogP contribution is 2.71. The third kappa shape index (κ3) is 2.75. The molecule has 0 radical (unpaired) electrons. The van der Waals surface area contributed by atoms with Crippen molar-refractivity contribution in [1.82, 2.24) is 10.2 Å². The van der Waals surface area contributed by atoms with Gasteiger partial charge in [0.15, 0.2) is 17.6 Å². The number of amides is 1. The molecule has 4 aliphatic heterocycles. The van der Waals surface area contributed by atoms with Crippen molar-refractivity contribution in [2.24, 2.45) is 5.92 Å². The number of benzene rings is 2. The summed E-state index contributed by atoms with van der Waals surface area (Å²) in [4.78, 5) is 16.4. The van der Waals surface area contributed by atoms with Crippen LogP contribution in [0.3, 0.4) is 0 Å². The minimum Gasteiger partial charge on any atom is -0.493 e. The van der Waals surface area contributed by atoms with Gasteiger partial charge in [-0.2, -0.15) is 0 Å². The zero-order valence-corrected chi connectivity index (χ0v) is 21.2. The molecule has 4 heterocycles. The number of carbonyl (C=O) groups is 1. The molecular formula is C30H34N2O5. The largest absolute Gasteiger partial charge is 0.493 e. The van der Waals surface area contributed by atoms with Crippen LogP contribution in [0.5, 0.6) is 11.5 Å². The van der Waals surface area contributed by atoms with Crippen molar-refractivity contribution in [3.63, 3.8) is 0 Å². The van der Waals surface area contributed by atoms with Crippen molar-refractivity contribution in [3.05, 3.63) is 59.2 Å². The van der Waals surface area contributed by atoms with E-state index in [4.69, 9.17) is 14.2 Å². The van der Waals surface area contributed by atoms with Gasteiger partial charge in [-0.1, -0.05) is 36.4 Å². The zero-order valence-electron chi connectivity index (χ0n) is 21.2. The third-order valence-corrected chi connectivity index (χ3v) is 10.4. The summed E-state index contributed by atoms with van der Waals surface area (Å²) in [5, 5.41) is 15.4. The van der Waals surface area contributed by atoms with Crippen molar-refractivity contribution >= 4 is 5.91 Å². The fraction of sp³-hybridized carbons (Fsp3) is 0.567. The van der Waals surface area contributed by atoms with Crippen molar-refractivity contribution < 1.29 is 24.1 Å². The minimum atomic E-state index is -1.41. The predicted octanol–water partition coefficient (Wildman–Crippen LogP) is 2.71. The SMILES string of the molecule is COc1ccc2c3c1O[C@H]1[C@@]4(O)CCC5(O[C@@H]4C(=O)NCc4ccccc4)C(C2)N(CC2CC2)CC[C@]315. The maximum Gasteiger partial charge on any atom is 0.252 e. The van der Waals surface area contributed by atoms with E-state index in [0.29, 0.717) is 18.7 Å². The number of aliphatic hydroxyl groups is 1. The summed E-state index contributed by atoms with van der Waals surface area (Å²) in [7, 11) is 1.67. The second kappa shape index (κ2) is 7.49. The molecule has 5 fully saturated rings. The van der Waals surface area contributed by atoms with E-state index in [9.17, 15) is 9.90 Å². The van der Waals surface area contributed by atoms with Gasteiger partial charge in [-0.15, -0.1) is 0 Å². The molecule has 2 aromatic rings. The summed E-state index contributed by atoms with van der Waals surface area (Å²) >= 11 is 0. The van der Waals surface area contributed by atoms with E-state index in [2.05, 4.69) is 16.3 Å². The number of piperidine rings is 1. The highest BCUT2D eigenvalue weighted by Gasteiger charge is 2.82. The second-order valence-corrected chi connectivity index (χ2v) is 12.1. The van der Waals surface area contributed by atoms with Gasteiger partial charge in [0.2, 0.25) is 0 Å². The van der Waals surface area contributed by atoms with Gasteiger partial charge >= 0.3 is 0 Å². The van der Waals surface area contributed by atoms with E-state index in [1.54, 1.807) is 7.11 Å². The van der Waals surface area contributed by atoms with E-state index < -0.39 is 28.8 Å². The fourth-order valence-corrected chi connectivity index (χ4v) is 8.63. The van der Waals surface area contributed by atoms with Gasteiger partial charge < -0.3 is 24.6 Å². The Bertz CT molecular complexity index is 1280. The van der Waals surface area contributed by atoms with Crippen LogP contribution in [0.2, 0.25) is 0 Å². The molecule has 2 spiro atoms. The number of rotatable bonds is 6. The van der Waals surface area contributed by atoms with Crippen LogP contribution >= 0.6 is 0 Å². The third-order valence-electron chi connectivity index (χ3n) is 10.4. The lowest BCUT2D eigenvalue weighted by Gasteiger charge is -2.72. The Balaban J connectivity index is 1.23. The van der Waals surface area contributed by atoms with Crippen molar-refractivity contribution in [1.29, 1.82) is 0 Å². The average molecular weight is 503 g/mol. The molecule has 6 atom stereocenters. The smallest absolute Gasteiger partial charge is 0.252 e. The van der Waals surface area contributed by atoms with Gasteiger partial charge in [0, 0.05) is 24.7 Å². The zero-order chi connectivity index (χ0) is 25.0. The summed E-state index contributed by atoms with van der Waals surface area (Å²) in [6, 6.07) is 14.2. The molecular weight excluding hydrogens is 468 g/mol. The Hall–Kier alpha value is -2.61. The van der Waals surface area contributed by atoms with Crippen LogP contribution in [-0.4, -0.2) is 65.6 Å². The van der Waals surface area contributed by atoms with Crippen LogP contribution in [0.1, 0.15) is 48.8 Å². The average Bonchev–Trinajstić information content (AvgIpc) is 3.66.